The molecule has 2 aromatic rings. The molecule has 5 nitrogen and oxygen atoms in total. The minimum atomic E-state index is -4.49. The zero-order chi connectivity index (χ0) is 21.7. The van der Waals surface area contributed by atoms with Crippen LogP contribution in [0.1, 0.15) is 15.9 Å². The summed E-state index contributed by atoms with van der Waals surface area (Å²) in [5.41, 5.74) is -0.819. The van der Waals surface area contributed by atoms with E-state index < -0.39 is 23.8 Å². The molecule has 1 fully saturated rings. The third-order valence-corrected chi connectivity index (χ3v) is 5.15. The minimum absolute atomic E-state index is 0.0199. The van der Waals surface area contributed by atoms with Crippen molar-refractivity contribution in [3.63, 3.8) is 0 Å². The van der Waals surface area contributed by atoms with Crippen LogP contribution >= 0.6 is 11.6 Å². The highest BCUT2D eigenvalue weighted by atomic mass is 35.5. The summed E-state index contributed by atoms with van der Waals surface area (Å²) in [4.78, 5) is 16.1. The number of carbonyl (C=O) groups is 1. The van der Waals surface area contributed by atoms with Gasteiger partial charge in [-0.2, -0.15) is 13.2 Å². The van der Waals surface area contributed by atoms with E-state index in [0.29, 0.717) is 43.5 Å². The Morgan fingerprint density at radius 1 is 1.10 bits per heavy atom. The zero-order valence-corrected chi connectivity index (χ0v) is 16.9. The van der Waals surface area contributed by atoms with Gasteiger partial charge in [-0.15, -0.1) is 0 Å². The number of aliphatic hydroxyl groups excluding tert-OH is 1. The number of carbonyl (C=O) groups excluding carboxylic acids is 1. The predicted octanol–water partition coefficient (Wildman–Crippen LogP) is 3.56. The molecule has 9 heteroatoms. The van der Waals surface area contributed by atoms with Gasteiger partial charge in [-0.05, 0) is 30.3 Å². The van der Waals surface area contributed by atoms with Gasteiger partial charge in [0.15, 0.2) is 0 Å². The third kappa shape index (κ3) is 5.87. The molecule has 1 heterocycles. The lowest BCUT2D eigenvalue weighted by molar-refractivity contribution is -0.137. The lowest BCUT2D eigenvalue weighted by atomic mass is 10.1. The fraction of sp³-hybridized carbons (Fsp3) is 0.381. The molecular formula is C21H22ClF3N2O3. The number of hydrogen-bond acceptors (Lipinski definition) is 4. The monoisotopic (exact) mass is 442 g/mol. The average Bonchev–Trinajstić information content (AvgIpc) is 2.73. The van der Waals surface area contributed by atoms with Crippen molar-refractivity contribution in [1.82, 2.24) is 9.80 Å². The number of hydrogen-bond donors (Lipinski definition) is 1. The van der Waals surface area contributed by atoms with Gasteiger partial charge in [0.05, 0.1) is 10.6 Å². The van der Waals surface area contributed by atoms with Crippen molar-refractivity contribution in [2.75, 3.05) is 39.3 Å². The summed E-state index contributed by atoms with van der Waals surface area (Å²) in [7, 11) is 0. The molecule has 1 saturated heterocycles. The normalized spacial score (nSPS) is 16.4. The first-order chi connectivity index (χ1) is 14.2. The Hall–Kier alpha value is -2.29. The number of benzene rings is 2. The number of alkyl halides is 3. The molecule has 3 rings (SSSR count). The molecule has 1 unspecified atom stereocenters. The van der Waals surface area contributed by atoms with Gasteiger partial charge in [0.2, 0.25) is 0 Å². The number of halogens is 4. The van der Waals surface area contributed by atoms with Gasteiger partial charge < -0.3 is 14.7 Å². The highest BCUT2D eigenvalue weighted by Gasteiger charge is 2.31. The molecule has 2 aromatic carbocycles. The van der Waals surface area contributed by atoms with Crippen molar-refractivity contribution in [2.24, 2.45) is 0 Å². The number of piperazine rings is 1. The largest absolute Gasteiger partial charge is 0.489 e. The molecule has 30 heavy (non-hydrogen) atoms. The maximum absolute atomic E-state index is 12.9. The number of rotatable bonds is 6. The van der Waals surface area contributed by atoms with Crippen LogP contribution in [0.3, 0.4) is 0 Å². The molecule has 0 bridgehead atoms. The first kappa shape index (κ1) is 22.4. The van der Waals surface area contributed by atoms with E-state index in [0.717, 1.165) is 12.1 Å². The highest BCUT2D eigenvalue weighted by Crippen LogP contribution is 2.30. The molecule has 0 aliphatic carbocycles. The van der Waals surface area contributed by atoms with Crippen molar-refractivity contribution < 1.29 is 27.8 Å². The Bertz CT molecular complexity index is 871. The summed E-state index contributed by atoms with van der Waals surface area (Å²) in [5.74, 6) is 0.0677. The van der Waals surface area contributed by atoms with Crippen LogP contribution in [0.2, 0.25) is 5.02 Å². The molecule has 1 aliphatic heterocycles. The smallest absolute Gasteiger partial charge is 0.416 e. The third-order valence-electron chi connectivity index (χ3n) is 4.83. The standard InChI is InChI=1S/C21H22ClF3N2O3/c22-18-6-1-2-7-19(18)30-14-17(28)13-26-8-10-27(11-9-26)20(29)15-4-3-5-16(12-15)21(23,24)25/h1-7,12,17,28H,8-11,13-14H2. The second-order valence-corrected chi connectivity index (χ2v) is 7.47. The summed E-state index contributed by atoms with van der Waals surface area (Å²) in [5, 5.41) is 10.7. The van der Waals surface area contributed by atoms with Gasteiger partial charge in [0.25, 0.3) is 5.91 Å². The Morgan fingerprint density at radius 2 is 1.80 bits per heavy atom. The van der Waals surface area contributed by atoms with Crippen LogP contribution in [-0.4, -0.2) is 66.2 Å². The Balaban J connectivity index is 1.47. The molecule has 0 radical (unpaired) electrons. The molecule has 1 atom stereocenters. The summed E-state index contributed by atoms with van der Waals surface area (Å²) < 4.78 is 44.1. The fourth-order valence-corrected chi connectivity index (χ4v) is 3.43. The van der Waals surface area contributed by atoms with Crippen LogP contribution in [0.15, 0.2) is 48.5 Å². The first-order valence-electron chi connectivity index (χ1n) is 9.48. The quantitative estimate of drug-likeness (QED) is 0.743. The maximum Gasteiger partial charge on any atom is 0.416 e. The van der Waals surface area contributed by atoms with Gasteiger partial charge >= 0.3 is 6.18 Å². The van der Waals surface area contributed by atoms with Gasteiger partial charge in [-0.1, -0.05) is 29.8 Å². The summed E-state index contributed by atoms with van der Waals surface area (Å²) >= 11 is 6.01. The van der Waals surface area contributed by atoms with Crippen molar-refractivity contribution >= 4 is 17.5 Å². The number of aliphatic hydroxyl groups is 1. The van der Waals surface area contributed by atoms with E-state index >= 15 is 0 Å². The predicted molar refractivity (Wildman–Crippen MR) is 107 cm³/mol. The number of nitrogens with zero attached hydrogens (tertiary/aromatic N) is 2. The number of β-amino-alcohol motifs (C(OH)–C–C–N with tert-alkyl or cyclic N) is 1. The number of amides is 1. The molecule has 1 aliphatic rings. The van der Waals surface area contributed by atoms with Crippen LogP contribution in [-0.2, 0) is 6.18 Å². The van der Waals surface area contributed by atoms with Crippen LogP contribution < -0.4 is 4.74 Å². The first-order valence-corrected chi connectivity index (χ1v) is 9.86. The molecule has 1 N–H and O–H groups in total. The lowest BCUT2D eigenvalue weighted by Gasteiger charge is -2.35. The molecule has 162 valence electrons. The van der Waals surface area contributed by atoms with E-state index in [9.17, 15) is 23.1 Å². The van der Waals surface area contributed by atoms with E-state index in [1.54, 1.807) is 24.3 Å². The molecule has 1 amide bonds. The van der Waals surface area contributed by atoms with Crippen LogP contribution in [0.4, 0.5) is 13.2 Å². The molecule has 0 saturated carbocycles. The maximum atomic E-state index is 12.9. The Labute approximate surface area is 177 Å². The van der Waals surface area contributed by atoms with Gasteiger partial charge in [-0.3, -0.25) is 9.69 Å². The molecule has 0 aromatic heterocycles. The van der Waals surface area contributed by atoms with Crippen LogP contribution in [0, 0.1) is 0 Å². The van der Waals surface area contributed by atoms with Crippen molar-refractivity contribution in [2.45, 2.75) is 12.3 Å². The van der Waals surface area contributed by atoms with Crippen molar-refractivity contribution in [3.05, 3.63) is 64.7 Å². The number of ether oxygens (including phenoxy) is 1. The fourth-order valence-electron chi connectivity index (χ4n) is 3.24. The summed E-state index contributed by atoms with van der Waals surface area (Å²) in [6, 6.07) is 11.4. The lowest BCUT2D eigenvalue weighted by Crippen LogP contribution is -2.51. The minimum Gasteiger partial charge on any atom is -0.489 e. The summed E-state index contributed by atoms with van der Waals surface area (Å²) in [6.07, 6.45) is -5.23. The second-order valence-electron chi connectivity index (χ2n) is 7.07. The van der Waals surface area contributed by atoms with E-state index in [4.69, 9.17) is 16.3 Å². The van der Waals surface area contributed by atoms with Crippen LogP contribution in [0.5, 0.6) is 5.75 Å². The van der Waals surface area contributed by atoms with Crippen molar-refractivity contribution in [1.29, 1.82) is 0 Å². The van der Waals surface area contributed by atoms with E-state index in [-0.39, 0.29) is 12.2 Å². The molecule has 0 spiro atoms. The van der Waals surface area contributed by atoms with Gasteiger partial charge in [0.1, 0.15) is 18.5 Å². The zero-order valence-electron chi connectivity index (χ0n) is 16.1. The van der Waals surface area contributed by atoms with E-state index in [1.165, 1.54) is 17.0 Å². The van der Waals surface area contributed by atoms with Crippen molar-refractivity contribution in [3.8, 4) is 5.75 Å². The van der Waals surface area contributed by atoms with Gasteiger partial charge in [0, 0.05) is 38.3 Å². The second kappa shape index (κ2) is 9.68. The van der Waals surface area contributed by atoms with E-state index in [2.05, 4.69) is 0 Å². The molecular weight excluding hydrogens is 421 g/mol. The average molecular weight is 443 g/mol. The van der Waals surface area contributed by atoms with Crippen LogP contribution in [0.25, 0.3) is 0 Å². The highest BCUT2D eigenvalue weighted by molar-refractivity contribution is 6.32. The SMILES string of the molecule is O=C(c1cccc(C(F)(F)F)c1)N1CCN(CC(O)COc2ccccc2Cl)CC1. The van der Waals surface area contributed by atoms with E-state index in [1.807, 2.05) is 4.90 Å². The Morgan fingerprint density at radius 3 is 2.47 bits per heavy atom. The van der Waals surface area contributed by atoms with Gasteiger partial charge in [-0.25, -0.2) is 0 Å². The Kier molecular flexibility index (Phi) is 7.23. The topological polar surface area (TPSA) is 53.0 Å². The summed E-state index contributed by atoms with van der Waals surface area (Å²) in [6.45, 7) is 2.19. The number of para-hydroxylation sites is 1.